The molecule has 3 rings (SSSR count). The van der Waals surface area contributed by atoms with Crippen molar-refractivity contribution >= 4 is 15.9 Å². The Kier molecular flexibility index (Phi) is 4.61. The Bertz CT molecular complexity index is 879. The first-order valence-electron chi connectivity index (χ1n) is 7.99. The van der Waals surface area contributed by atoms with Crippen LogP contribution in [-0.4, -0.2) is 70.2 Å². The molecule has 0 radical (unpaired) electrons. The van der Waals surface area contributed by atoms with Gasteiger partial charge in [-0.3, -0.25) is 4.79 Å². The summed E-state index contributed by atoms with van der Waals surface area (Å²) in [7, 11) is -3.25. The fourth-order valence-corrected chi connectivity index (χ4v) is 4.31. The highest BCUT2D eigenvalue weighted by Crippen LogP contribution is 2.19. The molecule has 134 valence electrons. The van der Waals surface area contributed by atoms with E-state index in [9.17, 15) is 13.2 Å². The monoisotopic (exact) mass is 363 g/mol. The quantitative estimate of drug-likeness (QED) is 0.800. The van der Waals surface area contributed by atoms with E-state index in [0.717, 1.165) is 11.3 Å². The third kappa shape index (κ3) is 3.57. The molecule has 1 aromatic heterocycles. The molecule has 1 aliphatic heterocycles. The van der Waals surface area contributed by atoms with Crippen LogP contribution in [0, 0.1) is 6.92 Å². The van der Waals surface area contributed by atoms with E-state index in [2.05, 4.69) is 10.1 Å². The number of hydrogen-bond acceptors (Lipinski definition) is 5. The Morgan fingerprint density at radius 2 is 2.04 bits per heavy atom. The summed E-state index contributed by atoms with van der Waals surface area (Å²) in [5.74, 6) is -0.0896. The molecule has 0 aliphatic carbocycles. The number of aryl methyl sites for hydroxylation is 1. The SMILES string of the molecule is Cc1cc(C(=O)N2CCN(S(C)(=O)=O)[C@@H](C)C2)ccc1-n1cncn1. The summed E-state index contributed by atoms with van der Waals surface area (Å²) in [6.07, 6.45) is 4.27. The number of carbonyl (C=O) groups excluding carboxylic acids is 1. The van der Waals surface area contributed by atoms with Crippen molar-refractivity contribution in [3.63, 3.8) is 0 Å². The van der Waals surface area contributed by atoms with Gasteiger partial charge < -0.3 is 4.90 Å². The zero-order chi connectivity index (χ0) is 18.2. The van der Waals surface area contributed by atoms with Crippen LogP contribution in [0.4, 0.5) is 0 Å². The average molecular weight is 363 g/mol. The van der Waals surface area contributed by atoms with E-state index in [0.29, 0.717) is 25.2 Å². The van der Waals surface area contributed by atoms with Gasteiger partial charge >= 0.3 is 0 Å². The van der Waals surface area contributed by atoms with Crippen LogP contribution in [0.1, 0.15) is 22.8 Å². The van der Waals surface area contributed by atoms with Gasteiger partial charge in [-0.2, -0.15) is 9.40 Å². The molecule has 0 spiro atoms. The molecule has 8 nitrogen and oxygen atoms in total. The second-order valence-corrected chi connectivity index (χ2v) is 8.25. The lowest BCUT2D eigenvalue weighted by Gasteiger charge is -2.38. The van der Waals surface area contributed by atoms with Crippen molar-refractivity contribution in [2.45, 2.75) is 19.9 Å². The molecule has 1 aromatic carbocycles. The fourth-order valence-electron chi connectivity index (χ4n) is 3.18. The molecule has 2 heterocycles. The van der Waals surface area contributed by atoms with Crippen LogP contribution in [0.5, 0.6) is 0 Å². The second-order valence-electron chi connectivity index (χ2n) is 6.32. The van der Waals surface area contributed by atoms with Gasteiger partial charge in [-0.1, -0.05) is 0 Å². The van der Waals surface area contributed by atoms with Gasteiger partial charge in [0.1, 0.15) is 12.7 Å². The van der Waals surface area contributed by atoms with Gasteiger partial charge in [0.05, 0.1) is 11.9 Å². The minimum Gasteiger partial charge on any atom is -0.336 e. The van der Waals surface area contributed by atoms with Crippen molar-refractivity contribution in [2.24, 2.45) is 0 Å². The van der Waals surface area contributed by atoms with Crippen LogP contribution < -0.4 is 0 Å². The minimum atomic E-state index is -3.25. The highest BCUT2D eigenvalue weighted by atomic mass is 32.2. The fraction of sp³-hybridized carbons (Fsp3) is 0.438. The molecule has 1 amide bonds. The molecular formula is C16H21N5O3S. The topological polar surface area (TPSA) is 88.4 Å². The maximum Gasteiger partial charge on any atom is 0.253 e. The third-order valence-corrected chi connectivity index (χ3v) is 5.78. The van der Waals surface area contributed by atoms with E-state index in [-0.39, 0.29) is 11.9 Å². The summed E-state index contributed by atoms with van der Waals surface area (Å²) in [6, 6.07) is 5.20. The predicted molar refractivity (Wildman–Crippen MR) is 93.0 cm³/mol. The Hall–Kier alpha value is -2.26. The lowest BCUT2D eigenvalue weighted by Crippen LogP contribution is -2.55. The number of amides is 1. The summed E-state index contributed by atoms with van der Waals surface area (Å²) in [6.45, 7) is 4.83. The van der Waals surface area contributed by atoms with Crippen LogP contribution in [0.15, 0.2) is 30.9 Å². The van der Waals surface area contributed by atoms with Crippen LogP contribution in [-0.2, 0) is 10.0 Å². The Morgan fingerprint density at radius 1 is 1.28 bits per heavy atom. The summed E-state index contributed by atoms with van der Waals surface area (Å²) < 4.78 is 26.6. The highest BCUT2D eigenvalue weighted by molar-refractivity contribution is 7.88. The normalized spacial score (nSPS) is 19.2. The number of nitrogens with zero attached hydrogens (tertiary/aromatic N) is 5. The van der Waals surface area contributed by atoms with Gasteiger partial charge in [-0.25, -0.2) is 18.1 Å². The van der Waals surface area contributed by atoms with E-state index < -0.39 is 10.0 Å². The van der Waals surface area contributed by atoms with Crippen molar-refractivity contribution in [1.82, 2.24) is 24.0 Å². The van der Waals surface area contributed by atoms with Crippen LogP contribution in [0.3, 0.4) is 0 Å². The Labute approximate surface area is 147 Å². The number of hydrogen-bond donors (Lipinski definition) is 0. The molecule has 0 unspecified atom stereocenters. The van der Waals surface area contributed by atoms with Crippen molar-refractivity contribution in [3.8, 4) is 5.69 Å². The molecule has 0 N–H and O–H groups in total. The molecule has 0 bridgehead atoms. The van der Waals surface area contributed by atoms with Gasteiger partial charge in [0.15, 0.2) is 0 Å². The zero-order valence-corrected chi connectivity index (χ0v) is 15.3. The summed E-state index contributed by atoms with van der Waals surface area (Å²) in [5.41, 5.74) is 2.37. The van der Waals surface area contributed by atoms with Crippen molar-refractivity contribution in [3.05, 3.63) is 42.0 Å². The van der Waals surface area contributed by atoms with E-state index in [1.54, 1.807) is 22.0 Å². The standard InChI is InChI=1S/C16H21N5O3S/c1-12-8-14(4-5-15(12)20-11-17-10-18-20)16(22)19-6-7-21(13(2)9-19)25(3,23)24/h4-5,8,10-11,13H,6-7,9H2,1-3H3/t13-/m0/s1. The predicted octanol–water partition coefficient (Wildman–Crippen LogP) is 0.682. The summed E-state index contributed by atoms with van der Waals surface area (Å²) in [4.78, 5) is 18.4. The van der Waals surface area contributed by atoms with Gasteiger partial charge in [0.2, 0.25) is 10.0 Å². The van der Waals surface area contributed by atoms with E-state index in [1.165, 1.54) is 16.9 Å². The number of benzene rings is 1. The Morgan fingerprint density at radius 3 is 2.60 bits per heavy atom. The summed E-state index contributed by atoms with van der Waals surface area (Å²) in [5, 5.41) is 4.10. The maximum absolute atomic E-state index is 12.8. The van der Waals surface area contributed by atoms with Crippen LogP contribution in [0.25, 0.3) is 5.69 Å². The smallest absolute Gasteiger partial charge is 0.253 e. The molecule has 25 heavy (non-hydrogen) atoms. The first-order chi connectivity index (χ1) is 11.8. The van der Waals surface area contributed by atoms with Crippen molar-refractivity contribution in [2.75, 3.05) is 25.9 Å². The minimum absolute atomic E-state index is 0.0896. The number of carbonyl (C=O) groups is 1. The van der Waals surface area contributed by atoms with Gasteiger partial charge in [0, 0.05) is 31.2 Å². The molecule has 9 heteroatoms. The number of rotatable bonds is 3. The van der Waals surface area contributed by atoms with Crippen molar-refractivity contribution in [1.29, 1.82) is 0 Å². The molecule has 0 saturated carbocycles. The van der Waals surface area contributed by atoms with Gasteiger partial charge in [-0.05, 0) is 37.6 Å². The largest absolute Gasteiger partial charge is 0.336 e. The van der Waals surface area contributed by atoms with E-state index in [1.807, 2.05) is 26.0 Å². The third-order valence-electron chi connectivity index (χ3n) is 4.39. The lowest BCUT2D eigenvalue weighted by molar-refractivity contribution is 0.0643. The van der Waals surface area contributed by atoms with Crippen LogP contribution >= 0.6 is 0 Å². The maximum atomic E-state index is 12.8. The highest BCUT2D eigenvalue weighted by Gasteiger charge is 2.32. The lowest BCUT2D eigenvalue weighted by atomic mass is 10.1. The molecule has 1 atom stereocenters. The molecule has 1 saturated heterocycles. The van der Waals surface area contributed by atoms with Gasteiger partial charge in [-0.15, -0.1) is 0 Å². The van der Waals surface area contributed by atoms with E-state index >= 15 is 0 Å². The average Bonchev–Trinajstić information content (AvgIpc) is 3.07. The zero-order valence-electron chi connectivity index (χ0n) is 14.5. The van der Waals surface area contributed by atoms with E-state index in [4.69, 9.17) is 0 Å². The molecular weight excluding hydrogens is 342 g/mol. The first-order valence-corrected chi connectivity index (χ1v) is 9.84. The summed E-state index contributed by atoms with van der Waals surface area (Å²) >= 11 is 0. The number of aromatic nitrogens is 3. The van der Waals surface area contributed by atoms with Crippen molar-refractivity contribution < 1.29 is 13.2 Å². The number of piperazine rings is 1. The molecule has 1 aliphatic rings. The van der Waals surface area contributed by atoms with Gasteiger partial charge in [0.25, 0.3) is 5.91 Å². The molecule has 1 fully saturated rings. The number of sulfonamides is 1. The van der Waals surface area contributed by atoms with Crippen LogP contribution in [0.2, 0.25) is 0 Å². The Balaban J connectivity index is 1.77. The second kappa shape index (κ2) is 6.57. The first kappa shape index (κ1) is 17.6. The molecule has 2 aromatic rings.